The van der Waals surface area contributed by atoms with Crippen molar-refractivity contribution in [3.63, 3.8) is 0 Å². The van der Waals surface area contributed by atoms with Gasteiger partial charge in [0, 0.05) is 13.0 Å². The van der Waals surface area contributed by atoms with Crippen LogP contribution in [0.3, 0.4) is 0 Å². The highest BCUT2D eigenvalue weighted by Gasteiger charge is 2.15. The molecule has 0 saturated carbocycles. The molecule has 0 spiro atoms. The van der Waals surface area contributed by atoms with Crippen LogP contribution in [-0.2, 0) is 4.79 Å². The zero-order valence-corrected chi connectivity index (χ0v) is 10.9. The Morgan fingerprint density at radius 3 is 2.63 bits per heavy atom. The monoisotopic (exact) mass is 267 g/mol. The first kappa shape index (κ1) is 14.8. The average Bonchev–Trinajstić information content (AvgIpc) is 2.36. The van der Waals surface area contributed by atoms with Crippen molar-refractivity contribution in [1.29, 1.82) is 0 Å². The van der Waals surface area contributed by atoms with E-state index in [1.165, 1.54) is 7.11 Å². The lowest BCUT2D eigenvalue weighted by Gasteiger charge is -2.10. The van der Waals surface area contributed by atoms with Crippen LogP contribution in [0.25, 0.3) is 0 Å². The van der Waals surface area contributed by atoms with Crippen LogP contribution in [0.4, 0.5) is 0 Å². The van der Waals surface area contributed by atoms with Gasteiger partial charge in [-0.25, -0.2) is 0 Å². The number of phenolic OH excluding ortho intramolecular Hbond substituents is 1. The van der Waals surface area contributed by atoms with Crippen LogP contribution in [0, 0.1) is 6.92 Å². The molecule has 0 unspecified atom stereocenters. The minimum Gasteiger partial charge on any atom is -0.504 e. The van der Waals surface area contributed by atoms with Crippen LogP contribution in [0.2, 0.25) is 0 Å². The van der Waals surface area contributed by atoms with Crippen molar-refractivity contribution in [1.82, 2.24) is 5.32 Å². The Balaban J connectivity index is 2.71. The number of methoxy groups -OCH3 is 1. The van der Waals surface area contributed by atoms with E-state index in [0.29, 0.717) is 6.42 Å². The molecule has 0 bridgehead atoms. The van der Waals surface area contributed by atoms with Gasteiger partial charge in [-0.3, -0.25) is 9.59 Å². The van der Waals surface area contributed by atoms with E-state index in [-0.39, 0.29) is 30.0 Å². The molecule has 6 nitrogen and oxygen atoms in total. The Morgan fingerprint density at radius 2 is 2.05 bits per heavy atom. The van der Waals surface area contributed by atoms with Gasteiger partial charge in [0.2, 0.25) is 0 Å². The molecule has 0 atom stereocenters. The summed E-state index contributed by atoms with van der Waals surface area (Å²) in [5, 5.41) is 20.9. The van der Waals surface area contributed by atoms with Crippen LogP contribution in [0.15, 0.2) is 12.1 Å². The number of rotatable bonds is 6. The van der Waals surface area contributed by atoms with Crippen LogP contribution >= 0.6 is 0 Å². The van der Waals surface area contributed by atoms with Gasteiger partial charge in [-0.15, -0.1) is 0 Å². The highest BCUT2D eigenvalue weighted by molar-refractivity contribution is 5.97. The number of hydrogen-bond donors (Lipinski definition) is 3. The predicted octanol–water partition coefficient (Wildman–Crippen LogP) is 1.30. The van der Waals surface area contributed by atoms with Crippen molar-refractivity contribution in [2.75, 3.05) is 13.7 Å². The fourth-order valence-corrected chi connectivity index (χ4v) is 1.61. The number of aliphatic carboxylic acids is 1. The molecule has 0 aliphatic carbocycles. The molecule has 6 heteroatoms. The molecule has 1 amide bonds. The van der Waals surface area contributed by atoms with Gasteiger partial charge in [0.1, 0.15) is 0 Å². The lowest BCUT2D eigenvalue weighted by Crippen LogP contribution is -2.25. The number of ether oxygens (including phenoxy) is 1. The zero-order chi connectivity index (χ0) is 14.4. The third kappa shape index (κ3) is 4.17. The smallest absolute Gasteiger partial charge is 0.303 e. The second kappa shape index (κ2) is 6.63. The van der Waals surface area contributed by atoms with Crippen molar-refractivity contribution >= 4 is 11.9 Å². The lowest BCUT2D eigenvalue weighted by molar-refractivity contribution is -0.137. The van der Waals surface area contributed by atoms with Gasteiger partial charge in [0.15, 0.2) is 11.5 Å². The minimum atomic E-state index is -0.908. The number of benzene rings is 1. The summed E-state index contributed by atoms with van der Waals surface area (Å²) in [4.78, 5) is 22.2. The predicted molar refractivity (Wildman–Crippen MR) is 68.6 cm³/mol. The Labute approximate surface area is 111 Å². The molecule has 3 N–H and O–H groups in total. The minimum absolute atomic E-state index is 0.0105. The Morgan fingerprint density at radius 1 is 1.37 bits per heavy atom. The van der Waals surface area contributed by atoms with E-state index in [1.54, 1.807) is 19.1 Å². The van der Waals surface area contributed by atoms with E-state index in [1.807, 2.05) is 0 Å². The van der Waals surface area contributed by atoms with Crippen molar-refractivity contribution in [3.05, 3.63) is 23.3 Å². The third-order valence-electron chi connectivity index (χ3n) is 2.54. The van der Waals surface area contributed by atoms with Crippen molar-refractivity contribution in [2.24, 2.45) is 0 Å². The zero-order valence-electron chi connectivity index (χ0n) is 10.9. The number of phenols is 1. The van der Waals surface area contributed by atoms with Crippen molar-refractivity contribution in [2.45, 2.75) is 19.8 Å². The second-order valence-corrected chi connectivity index (χ2v) is 4.12. The molecule has 0 fully saturated rings. The van der Waals surface area contributed by atoms with Gasteiger partial charge in [0.05, 0.1) is 12.7 Å². The summed E-state index contributed by atoms with van der Waals surface area (Å²) in [7, 11) is 1.41. The second-order valence-electron chi connectivity index (χ2n) is 4.12. The van der Waals surface area contributed by atoms with Crippen LogP contribution in [0.1, 0.15) is 28.8 Å². The average molecular weight is 267 g/mol. The van der Waals surface area contributed by atoms with Gasteiger partial charge >= 0.3 is 5.97 Å². The molecule has 0 radical (unpaired) electrons. The molecule has 1 aromatic rings. The van der Waals surface area contributed by atoms with E-state index in [2.05, 4.69) is 5.32 Å². The summed E-state index contributed by atoms with van der Waals surface area (Å²) in [5.41, 5.74) is 0.900. The Bertz CT molecular complexity index is 484. The fourth-order valence-electron chi connectivity index (χ4n) is 1.61. The third-order valence-corrected chi connectivity index (χ3v) is 2.54. The number of carboxylic acid groups (broad SMARTS) is 1. The lowest BCUT2D eigenvalue weighted by atomic mass is 10.1. The quantitative estimate of drug-likeness (QED) is 0.675. The van der Waals surface area contributed by atoms with Crippen LogP contribution < -0.4 is 10.1 Å². The van der Waals surface area contributed by atoms with Crippen molar-refractivity contribution in [3.8, 4) is 11.5 Å². The number of amides is 1. The van der Waals surface area contributed by atoms with E-state index in [9.17, 15) is 14.7 Å². The topological polar surface area (TPSA) is 95.9 Å². The number of aromatic hydroxyl groups is 1. The number of carbonyl (C=O) groups excluding carboxylic acids is 1. The molecule has 0 aromatic heterocycles. The molecule has 0 heterocycles. The van der Waals surface area contributed by atoms with Gasteiger partial charge in [0.25, 0.3) is 5.91 Å². The number of carboxylic acids is 1. The maximum absolute atomic E-state index is 11.9. The number of aryl methyl sites for hydroxylation is 1. The highest BCUT2D eigenvalue weighted by Crippen LogP contribution is 2.31. The Hall–Kier alpha value is -2.24. The van der Waals surface area contributed by atoms with E-state index < -0.39 is 11.9 Å². The van der Waals surface area contributed by atoms with Gasteiger partial charge < -0.3 is 20.3 Å². The Kier molecular flexibility index (Phi) is 5.17. The first-order chi connectivity index (χ1) is 8.95. The first-order valence-corrected chi connectivity index (χ1v) is 5.83. The highest BCUT2D eigenvalue weighted by atomic mass is 16.5. The molecule has 0 aliphatic rings. The number of hydrogen-bond acceptors (Lipinski definition) is 4. The first-order valence-electron chi connectivity index (χ1n) is 5.83. The van der Waals surface area contributed by atoms with Crippen LogP contribution in [0.5, 0.6) is 11.5 Å². The van der Waals surface area contributed by atoms with Gasteiger partial charge in [-0.2, -0.15) is 0 Å². The van der Waals surface area contributed by atoms with E-state index in [4.69, 9.17) is 9.84 Å². The van der Waals surface area contributed by atoms with Gasteiger partial charge in [-0.05, 0) is 31.0 Å². The summed E-state index contributed by atoms with van der Waals surface area (Å²) in [5.74, 6) is -1.35. The molecular weight excluding hydrogens is 250 g/mol. The molecule has 0 aliphatic heterocycles. The summed E-state index contributed by atoms with van der Waals surface area (Å²) >= 11 is 0. The normalized spacial score (nSPS) is 10.0. The fraction of sp³-hybridized carbons (Fsp3) is 0.385. The van der Waals surface area contributed by atoms with E-state index in [0.717, 1.165) is 5.56 Å². The SMILES string of the molecule is COc1cc(C)cc(C(=O)NCCCC(=O)O)c1O. The van der Waals surface area contributed by atoms with Gasteiger partial charge in [-0.1, -0.05) is 0 Å². The largest absolute Gasteiger partial charge is 0.504 e. The summed E-state index contributed by atoms with van der Waals surface area (Å²) in [6.07, 6.45) is 0.328. The molecule has 104 valence electrons. The standard InChI is InChI=1S/C13H17NO5/c1-8-6-9(12(17)10(7-8)19-2)13(18)14-5-3-4-11(15)16/h6-7,17H,3-5H2,1-2H3,(H,14,18)(H,15,16). The molecule has 0 saturated heterocycles. The van der Waals surface area contributed by atoms with E-state index >= 15 is 0 Å². The summed E-state index contributed by atoms with van der Waals surface area (Å²) in [6, 6.07) is 3.17. The number of nitrogens with one attached hydrogen (secondary N) is 1. The van der Waals surface area contributed by atoms with Crippen LogP contribution in [-0.4, -0.2) is 35.7 Å². The number of carbonyl (C=O) groups is 2. The molecular formula is C13H17NO5. The summed E-state index contributed by atoms with van der Waals surface area (Å²) < 4.78 is 4.97. The molecule has 1 rings (SSSR count). The molecule has 1 aromatic carbocycles. The summed E-state index contributed by atoms with van der Waals surface area (Å²) in [6.45, 7) is 2.02. The van der Waals surface area contributed by atoms with Crippen molar-refractivity contribution < 1.29 is 24.5 Å². The molecule has 19 heavy (non-hydrogen) atoms. The maximum Gasteiger partial charge on any atom is 0.303 e. The maximum atomic E-state index is 11.9.